The Morgan fingerprint density at radius 2 is 1.90 bits per heavy atom. The lowest BCUT2D eigenvalue weighted by atomic mass is 9.97. The normalized spacial score (nSPS) is 18.8. The lowest BCUT2D eigenvalue weighted by Gasteiger charge is -2.32. The summed E-state index contributed by atoms with van der Waals surface area (Å²) >= 11 is 3.32. The van der Waals surface area contributed by atoms with E-state index in [1.807, 2.05) is 31.2 Å². The van der Waals surface area contributed by atoms with Crippen molar-refractivity contribution in [3.8, 4) is 5.75 Å². The van der Waals surface area contributed by atoms with E-state index in [4.69, 9.17) is 4.74 Å². The van der Waals surface area contributed by atoms with Gasteiger partial charge in [-0.15, -0.1) is 0 Å². The molecule has 1 N–H and O–H groups in total. The van der Waals surface area contributed by atoms with Crippen LogP contribution in [-0.4, -0.2) is 38.8 Å². The van der Waals surface area contributed by atoms with Gasteiger partial charge in [-0.1, -0.05) is 34.1 Å². The zero-order valence-corrected chi connectivity index (χ0v) is 18.9. The summed E-state index contributed by atoms with van der Waals surface area (Å²) < 4.78 is 33.5. The molecule has 0 bridgehead atoms. The van der Waals surface area contributed by atoms with Gasteiger partial charge in [0.1, 0.15) is 5.75 Å². The summed E-state index contributed by atoms with van der Waals surface area (Å²) in [5.41, 5.74) is 0.887. The number of methoxy groups -OCH3 is 1. The van der Waals surface area contributed by atoms with E-state index in [-0.39, 0.29) is 29.3 Å². The smallest absolute Gasteiger partial charge is 0.243 e. The van der Waals surface area contributed by atoms with Crippen molar-refractivity contribution < 1.29 is 17.9 Å². The molecule has 2 aromatic carbocycles. The first-order valence-corrected chi connectivity index (χ1v) is 11.7. The van der Waals surface area contributed by atoms with Gasteiger partial charge in [-0.3, -0.25) is 4.79 Å². The van der Waals surface area contributed by atoms with Gasteiger partial charge in [-0.05, 0) is 50.1 Å². The van der Waals surface area contributed by atoms with Crippen LogP contribution in [0.25, 0.3) is 0 Å². The summed E-state index contributed by atoms with van der Waals surface area (Å²) in [7, 11) is -2.03. The Hall–Kier alpha value is -1.90. The number of carbonyl (C=O) groups excluding carboxylic acids is 1. The SMILES string of the molecule is COc1ccccc1C(C)NC(=O)C1CCCN(S(=O)(=O)c2ccc(Br)cc2)C1. The molecule has 0 saturated carbocycles. The zero-order valence-electron chi connectivity index (χ0n) is 16.5. The van der Waals surface area contributed by atoms with Crippen molar-refractivity contribution in [2.45, 2.75) is 30.7 Å². The number of benzene rings is 2. The van der Waals surface area contributed by atoms with Crippen LogP contribution in [0.15, 0.2) is 57.9 Å². The Morgan fingerprint density at radius 3 is 2.59 bits per heavy atom. The number of hydrogen-bond acceptors (Lipinski definition) is 4. The topological polar surface area (TPSA) is 75.7 Å². The Morgan fingerprint density at radius 1 is 1.21 bits per heavy atom. The number of carbonyl (C=O) groups is 1. The molecule has 0 spiro atoms. The van der Waals surface area contributed by atoms with Gasteiger partial charge in [0.15, 0.2) is 0 Å². The highest BCUT2D eigenvalue weighted by Crippen LogP contribution is 2.27. The van der Waals surface area contributed by atoms with Crippen LogP contribution in [0.4, 0.5) is 0 Å². The monoisotopic (exact) mass is 480 g/mol. The van der Waals surface area contributed by atoms with Gasteiger partial charge in [0, 0.05) is 23.1 Å². The Balaban J connectivity index is 1.70. The van der Waals surface area contributed by atoms with Crippen LogP contribution in [0.1, 0.15) is 31.4 Å². The second kappa shape index (κ2) is 9.28. The van der Waals surface area contributed by atoms with Crippen LogP contribution in [0.2, 0.25) is 0 Å². The molecule has 1 fully saturated rings. The Labute approximate surface area is 180 Å². The van der Waals surface area contributed by atoms with Crippen molar-refractivity contribution in [3.63, 3.8) is 0 Å². The minimum Gasteiger partial charge on any atom is -0.496 e. The molecular weight excluding hydrogens is 456 g/mol. The predicted molar refractivity (Wildman–Crippen MR) is 115 cm³/mol. The molecule has 1 amide bonds. The fourth-order valence-corrected chi connectivity index (χ4v) is 5.35. The lowest BCUT2D eigenvalue weighted by Crippen LogP contribution is -2.45. The van der Waals surface area contributed by atoms with E-state index in [0.717, 1.165) is 10.0 Å². The van der Waals surface area contributed by atoms with E-state index in [1.165, 1.54) is 4.31 Å². The van der Waals surface area contributed by atoms with Gasteiger partial charge in [0.2, 0.25) is 15.9 Å². The molecule has 2 atom stereocenters. The van der Waals surface area contributed by atoms with Gasteiger partial charge >= 0.3 is 0 Å². The van der Waals surface area contributed by atoms with Crippen molar-refractivity contribution in [1.29, 1.82) is 0 Å². The van der Waals surface area contributed by atoms with Crippen LogP contribution in [0.5, 0.6) is 5.75 Å². The molecule has 1 heterocycles. The standard InChI is InChI=1S/C21H25BrN2O4S/c1-15(19-7-3-4-8-20(19)28-2)23-21(25)16-6-5-13-24(14-16)29(26,27)18-11-9-17(22)10-12-18/h3-4,7-12,15-16H,5-6,13-14H2,1-2H3,(H,23,25). The molecule has 3 rings (SSSR count). The highest BCUT2D eigenvalue weighted by molar-refractivity contribution is 9.10. The molecule has 29 heavy (non-hydrogen) atoms. The molecule has 2 unspecified atom stereocenters. The Bertz CT molecular complexity index is 963. The number of nitrogens with zero attached hydrogens (tertiary/aromatic N) is 1. The lowest BCUT2D eigenvalue weighted by molar-refractivity contribution is -0.126. The zero-order chi connectivity index (χ0) is 21.0. The third kappa shape index (κ3) is 4.99. The number of para-hydroxylation sites is 1. The number of amides is 1. The van der Waals surface area contributed by atoms with Crippen molar-refractivity contribution in [2.24, 2.45) is 5.92 Å². The maximum Gasteiger partial charge on any atom is 0.243 e. The van der Waals surface area contributed by atoms with Crippen LogP contribution >= 0.6 is 15.9 Å². The highest BCUT2D eigenvalue weighted by atomic mass is 79.9. The van der Waals surface area contributed by atoms with Crippen LogP contribution in [0.3, 0.4) is 0 Å². The molecule has 6 nitrogen and oxygen atoms in total. The number of hydrogen-bond donors (Lipinski definition) is 1. The van der Waals surface area contributed by atoms with Crippen molar-refractivity contribution in [1.82, 2.24) is 9.62 Å². The molecule has 1 aliphatic rings. The number of halogens is 1. The molecule has 1 aliphatic heterocycles. The van der Waals surface area contributed by atoms with Crippen LogP contribution in [0, 0.1) is 5.92 Å². The Kier molecular flexibility index (Phi) is 6.97. The van der Waals surface area contributed by atoms with E-state index in [9.17, 15) is 13.2 Å². The fraction of sp³-hybridized carbons (Fsp3) is 0.381. The number of piperidine rings is 1. The van der Waals surface area contributed by atoms with Crippen molar-refractivity contribution >= 4 is 31.9 Å². The first-order chi connectivity index (χ1) is 13.8. The molecule has 8 heteroatoms. The molecule has 1 saturated heterocycles. The fourth-order valence-electron chi connectivity index (χ4n) is 3.56. The van der Waals surface area contributed by atoms with Crippen molar-refractivity contribution in [3.05, 3.63) is 58.6 Å². The number of ether oxygens (including phenoxy) is 1. The highest BCUT2D eigenvalue weighted by Gasteiger charge is 2.33. The van der Waals surface area contributed by atoms with Gasteiger partial charge < -0.3 is 10.1 Å². The van der Waals surface area contributed by atoms with Gasteiger partial charge in [0.25, 0.3) is 0 Å². The second-order valence-corrected chi connectivity index (χ2v) is 9.98. The average molecular weight is 481 g/mol. The summed E-state index contributed by atoms with van der Waals surface area (Å²) in [6.07, 6.45) is 1.31. The van der Waals surface area contributed by atoms with Crippen molar-refractivity contribution in [2.75, 3.05) is 20.2 Å². The molecule has 0 aliphatic carbocycles. The molecule has 2 aromatic rings. The molecular formula is C21H25BrN2O4S. The van der Waals surface area contributed by atoms with E-state index < -0.39 is 10.0 Å². The maximum absolute atomic E-state index is 13.0. The first kappa shape index (κ1) is 21.8. The second-order valence-electron chi connectivity index (χ2n) is 7.13. The van der Waals surface area contributed by atoms with Gasteiger partial charge in [-0.25, -0.2) is 8.42 Å². The van der Waals surface area contributed by atoms with Gasteiger partial charge in [0.05, 0.1) is 24.0 Å². The first-order valence-electron chi connectivity index (χ1n) is 9.52. The number of sulfonamides is 1. The predicted octanol–water partition coefficient (Wildman–Crippen LogP) is 3.74. The summed E-state index contributed by atoms with van der Waals surface area (Å²) in [6.45, 7) is 2.50. The van der Waals surface area contributed by atoms with E-state index in [1.54, 1.807) is 31.4 Å². The summed E-state index contributed by atoms with van der Waals surface area (Å²) in [5.74, 6) is 0.189. The summed E-state index contributed by atoms with van der Waals surface area (Å²) in [6, 6.07) is 13.9. The molecule has 0 radical (unpaired) electrons. The quantitative estimate of drug-likeness (QED) is 0.682. The minimum absolute atomic E-state index is 0.140. The van der Waals surface area contributed by atoms with E-state index in [2.05, 4.69) is 21.2 Å². The van der Waals surface area contributed by atoms with Gasteiger partial charge in [-0.2, -0.15) is 4.31 Å². The molecule has 156 valence electrons. The van der Waals surface area contributed by atoms with Crippen LogP contribution in [-0.2, 0) is 14.8 Å². The van der Waals surface area contributed by atoms with E-state index >= 15 is 0 Å². The summed E-state index contributed by atoms with van der Waals surface area (Å²) in [5, 5.41) is 3.01. The third-order valence-electron chi connectivity index (χ3n) is 5.17. The maximum atomic E-state index is 13.0. The molecule has 0 aromatic heterocycles. The minimum atomic E-state index is -3.62. The third-order valence-corrected chi connectivity index (χ3v) is 7.58. The van der Waals surface area contributed by atoms with Crippen LogP contribution < -0.4 is 10.1 Å². The largest absolute Gasteiger partial charge is 0.496 e. The van der Waals surface area contributed by atoms with E-state index in [0.29, 0.717) is 25.1 Å². The number of rotatable bonds is 6. The number of nitrogens with one attached hydrogen (secondary N) is 1. The average Bonchev–Trinajstić information content (AvgIpc) is 2.74. The summed E-state index contributed by atoms with van der Waals surface area (Å²) in [4.78, 5) is 13.1.